The third kappa shape index (κ3) is 5.13. The number of amides is 1. The van der Waals surface area contributed by atoms with Crippen molar-refractivity contribution in [2.75, 3.05) is 6.54 Å². The van der Waals surface area contributed by atoms with Crippen LogP contribution in [-0.2, 0) is 11.3 Å². The van der Waals surface area contributed by atoms with Crippen LogP contribution >= 0.6 is 0 Å². The molecule has 0 aromatic heterocycles. The second-order valence-corrected chi connectivity index (χ2v) is 5.73. The molecule has 24 heavy (non-hydrogen) atoms. The highest BCUT2D eigenvalue weighted by Gasteiger charge is 2.22. The molecular formula is C20H22N2O2. The predicted molar refractivity (Wildman–Crippen MR) is 93.4 cm³/mol. The number of hydrogen-bond donors (Lipinski definition) is 0. The van der Waals surface area contributed by atoms with Crippen molar-refractivity contribution in [2.24, 2.45) is 0 Å². The number of carbonyl (C=O) groups is 1. The third-order valence-corrected chi connectivity index (χ3v) is 3.67. The Morgan fingerprint density at radius 1 is 1.21 bits per heavy atom. The van der Waals surface area contributed by atoms with Gasteiger partial charge in [-0.15, -0.1) is 0 Å². The molecule has 1 amide bonds. The van der Waals surface area contributed by atoms with E-state index in [2.05, 4.69) is 6.07 Å². The summed E-state index contributed by atoms with van der Waals surface area (Å²) in [6, 6.07) is 19.5. The maximum absolute atomic E-state index is 12.7. The van der Waals surface area contributed by atoms with Crippen molar-refractivity contribution in [3.63, 3.8) is 0 Å². The van der Waals surface area contributed by atoms with Gasteiger partial charge in [-0.1, -0.05) is 42.5 Å². The van der Waals surface area contributed by atoms with Gasteiger partial charge in [-0.05, 0) is 37.1 Å². The molecule has 0 aliphatic rings. The first-order chi connectivity index (χ1) is 11.6. The normalized spacial score (nSPS) is 11.4. The van der Waals surface area contributed by atoms with Gasteiger partial charge in [0.05, 0.1) is 12.5 Å². The number of benzene rings is 2. The quantitative estimate of drug-likeness (QED) is 0.781. The van der Waals surface area contributed by atoms with Gasteiger partial charge in [-0.2, -0.15) is 5.26 Å². The zero-order valence-corrected chi connectivity index (χ0v) is 14.1. The molecule has 0 saturated heterocycles. The zero-order chi connectivity index (χ0) is 17.4. The fourth-order valence-electron chi connectivity index (χ4n) is 2.46. The van der Waals surface area contributed by atoms with Crippen molar-refractivity contribution >= 4 is 5.91 Å². The van der Waals surface area contributed by atoms with E-state index in [1.54, 1.807) is 11.8 Å². The molecule has 2 aromatic rings. The van der Waals surface area contributed by atoms with Gasteiger partial charge in [-0.3, -0.25) is 4.79 Å². The van der Waals surface area contributed by atoms with Crippen molar-refractivity contribution < 1.29 is 9.53 Å². The Morgan fingerprint density at radius 2 is 1.96 bits per heavy atom. The van der Waals surface area contributed by atoms with Crippen LogP contribution in [0.1, 0.15) is 24.5 Å². The lowest BCUT2D eigenvalue weighted by Crippen LogP contribution is -2.40. The van der Waals surface area contributed by atoms with Gasteiger partial charge in [-0.25, -0.2) is 0 Å². The van der Waals surface area contributed by atoms with E-state index in [1.807, 2.05) is 61.5 Å². The molecular weight excluding hydrogens is 300 g/mol. The summed E-state index contributed by atoms with van der Waals surface area (Å²) in [5, 5.41) is 8.85. The van der Waals surface area contributed by atoms with E-state index in [1.165, 1.54) is 0 Å². The van der Waals surface area contributed by atoms with Gasteiger partial charge in [0.15, 0.2) is 6.10 Å². The summed E-state index contributed by atoms with van der Waals surface area (Å²) in [5.41, 5.74) is 2.12. The van der Waals surface area contributed by atoms with Gasteiger partial charge < -0.3 is 9.64 Å². The maximum atomic E-state index is 12.7. The fraction of sp³-hybridized carbons (Fsp3) is 0.300. The Bertz CT molecular complexity index is 707. The number of carbonyl (C=O) groups excluding carboxylic acids is 1. The Labute approximate surface area is 143 Å². The second kappa shape index (κ2) is 8.73. The van der Waals surface area contributed by atoms with Crippen LogP contribution in [0.4, 0.5) is 0 Å². The van der Waals surface area contributed by atoms with Gasteiger partial charge in [0, 0.05) is 13.1 Å². The second-order valence-electron chi connectivity index (χ2n) is 5.73. The molecule has 0 aliphatic heterocycles. The van der Waals surface area contributed by atoms with E-state index in [9.17, 15) is 4.79 Å². The number of rotatable bonds is 7. The highest BCUT2D eigenvalue weighted by Crippen LogP contribution is 2.16. The molecule has 4 nitrogen and oxygen atoms in total. The largest absolute Gasteiger partial charge is 0.481 e. The third-order valence-electron chi connectivity index (χ3n) is 3.67. The SMILES string of the molecule is Cc1cccc(OC(C)C(=O)N(CCC#N)Cc2ccccc2)c1. The molecule has 0 radical (unpaired) electrons. The summed E-state index contributed by atoms with van der Waals surface area (Å²) in [6.07, 6.45) is -0.301. The molecule has 0 bridgehead atoms. The molecule has 2 aromatic carbocycles. The van der Waals surface area contributed by atoms with Gasteiger partial charge in [0.25, 0.3) is 5.91 Å². The van der Waals surface area contributed by atoms with Crippen LogP contribution in [0, 0.1) is 18.3 Å². The van der Waals surface area contributed by atoms with Crippen LogP contribution in [-0.4, -0.2) is 23.5 Å². The number of ether oxygens (including phenoxy) is 1. The summed E-state index contributed by atoms with van der Waals surface area (Å²) < 4.78 is 5.78. The lowest BCUT2D eigenvalue weighted by molar-refractivity contribution is -0.138. The Morgan fingerprint density at radius 3 is 2.62 bits per heavy atom. The standard InChI is InChI=1S/C20H22N2O2/c1-16-8-6-11-19(14-16)24-17(2)20(23)22(13-7-12-21)15-18-9-4-3-5-10-18/h3-6,8-11,14,17H,7,13,15H2,1-2H3. The molecule has 0 aliphatic carbocycles. The Balaban J connectivity index is 2.06. The first-order valence-electron chi connectivity index (χ1n) is 8.03. The van der Waals surface area contributed by atoms with Gasteiger partial charge in [0.2, 0.25) is 0 Å². The van der Waals surface area contributed by atoms with E-state index in [0.29, 0.717) is 25.3 Å². The number of aryl methyl sites for hydroxylation is 1. The van der Waals surface area contributed by atoms with Crippen molar-refractivity contribution in [1.82, 2.24) is 4.90 Å². The maximum Gasteiger partial charge on any atom is 0.263 e. The summed E-state index contributed by atoms with van der Waals surface area (Å²) >= 11 is 0. The van der Waals surface area contributed by atoms with E-state index in [4.69, 9.17) is 10.00 Å². The number of hydrogen-bond acceptors (Lipinski definition) is 3. The van der Waals surface area contributed by atoms with Crippen molar-refractivity contribution in [3.8, 4) is 11.8 Å². The fourth-order valence-corrected chi connectivity index (χ4v) is 2.46. The van der Waals surface area contributed by atoms with Crippen molar-refractivity contribution in [3.05, 3.63) is 65.7 Å². The minimum Gasteiger partial charge on any atom is -0.481 e. The van der Waals surface area contributed by atoms with Gasteiger partial charge >= 0.3 is 0 Å². The molecule has 2 rings (SSSR count). The molecule has 0 saturated carbocycles. The topological polar surface area (TPSA) is 53.3 Å². The summed E-state index contributed by atoms with van der Waals surface area (Å²) in [6.45, 7) is 4.59. The summed E-state index contributed by atoms with van der Waals surface area (Å²) in [4.78, 5) is 14.4. The minimum absolute atomic E-state index is 0.115. The van der Waals surface area contributed by atoms with Crippen LogP contribution in [0.5, 0.6) is 5.75 Å². The summed E-state index contributed by atoms with van der Waals surface area (Å²) in [7, 11) is 0. The van der Waals surface area contributed by atoms with Gasteiger partial charge in [0.1, 0.15) is 5.75 Å². The van der Waals surface area contributed by atoms with E-state index >= 15 is 0 Å². The van der Waals surface area contributed by atoms with Crippen molar-refractivity contribution in [2.45, 2.75) is 32.9 Å². The van der Waals surface area contributed by atoms with Crippen molar-refractivity contribution in [1.29, 1.82) is 5.26 Å². The van der Waals surface area contributed by atoms with Crippen LogP contribution in [0.2, 0.25) is 0 Å². The molecule has 0 fully saturated rings. The van der Waals surface area contributed by atoms with E-state index in [0.717, 1.165) is 11.1 Å². The predicted octanol–water partition coefficient (Wildman–Crippen LogP) is 3.70. The van der Waals surface area contributed by atoms with E-state index < -0.39 is 6.10 Å². The highest BCUT2D eigenvalue weighted by molar-refractivity contribution is 5.81. The minimum atomic E-state index is -0.603. The van der Waals surface area contributed by atoms with Crippen LogP contribution in [0.15, 0.2) is 54.6 Å². The highest BCUT2D eigenvalue weighted by atomic mass is 16.5. The molecule has 0 spiro atoms. The number of nitriles is 1. The molecule has 0 N–H and O–H groups in total. The number of nitrogens with zero attached hydrogens (tertiary/aromatic N) is 2. The average molecular weight is 322 g/mol. The van der Waals surface area contributed by atoms with Crippen LogP contribution < -0.4 is 4.74 Å². The Kier molecular flexibility index (Phi) is 6.39. The molecule has 1 atom stereocenters. The molecule has 0 heterocycles. The van der Waals surface area contributed by atoms with E-state index in [-0.39, 0.29) is 5.91 Å². The first kappa shape index (κ1) is 17.6. The first-order valence-corrected chi connectivity index (χ1v) is 8.03. The van der Waals surface area contributed by atoms with Crippen LogP contribution in [0.25, 0.3) is 0 Å². The van der Waals surface area contributed by atoms with Crippen LogP contribution in [0.3, 0.4) is 0 Å². The zero-order valence-electron chi connectivity index (χ0n) is 14.1. The Hall–Kier alpha value is -2.80. The summed E-state index contributed by atoms with van der Waals surface area (Å²) in [5.74, 6) is 0.561. The lowest BCUT2D eigenvalue weighted by atomic mass is 10.2. The average Bonchev–Trinajstić information content (AvgIpc) is 2.59. The molecule has 1 unspecified atom stereocenters. The smallest absolute Gasteiger partial charge is 0.263 e. The molecule has 4 heteroatoms. The lowest BCUT2D eigenvalue weighted by Gasteiger charge is -2.25. The molecule has 124 valence electrons. The monoisotopic (exact) mass is 322 g/mol.